The molecule has 0 aliphatic rings. The first kappa shape index (κ1) is 8.74. The zero-order chi connectivity index (χ0) is 8.97. The monoisotopic (exact) mass is 164 g/mol. The van der Waals surface area contributed by atoms with Gasteiger partial charge in [0.15, 0.2) is 5.78 Å². The molecule has 0 aliphatic heterocycles. The standard InChI is InChI=1S/C9H10NO2/c1-7(11)9(10)12-8-5-3-2-4-6-8/h2-6H,10H2,1H3. The van der Waals surface area contributed by atoms with Gasteiger partial charge < -0.3 is 4.74 Å². The highest BCUT2D eigenvalue weighted by molar-refractivity contribution is 5.87. The van der Waals surface area contributed by atoms with Crippen molar-refractivity contribution in [1.82, 2.24) is 0 Å². The third kappa shape index (κ3) is 2.36. The highest BCUT2D eigenvalue weighted by atomic mass is 16.5. The molecule has 3 nitrogen and oxygen atoms in total. The van der Waals surface area contributed by atoms with Crippen LogP contribution in [0.5, 0.6) is 5.75 Å². The fraction of sp³-hybridized carbons (Fsp3) is 0.111. The highest BCUT2D eigenvalue weighted by Gasteiger charge is 2.10. The van der Waals surface area contributed by atoms with Crippen molar-refractivity contribution in [2.24, 2.45) is 5.73 Å². The molecule has 1 aromatic carbocycles. The van der Waals surface area contributed by atoms with Gasteiger partial charge in [-0.25, -0.2) is 0 Å². The molecule has 0 saturated heterocycles. The van der Waals surface area contributed by atoms with Gasteiger partial charge in [0.05, 0.1) is 0 Å². The van der Waals surface area contributed by atoms with Crippen LogP contribution in [0.3, 0.4) is 0 Å². The zero-order valence-corrected chi connectivity index (χ0v) is 6.78. The molecule has 0 atom stereocenters. The lowest BCUT2D eigenvalue weighted by Gasteiger charge is -2.08. The van der Waals surface area contributed by atoms with Crippen molar-refractivity contribution < 1.29 is 9.53 Å². The first-order chi connectivity index (χ1) is 5.70. The van der Waals surface area contributed by atoms with Crippen molar-refractivity contribution in [2.45, 2.75) is 6.92 Å². The van der Waals surface area contributed by atoms with Crippen molar-refractivity contribution in [2.75, 3.05) is 0 Å². The van der Waals surface area contributed by atoms with E-state index in [1.807, 2.05) is 18.2 Å². The lowest BCUT2D eigenvalue weighted by atomic mass is 10.3. The maximum atomic E-state index is 10.7. The molecule has 3 heteroatoms. The summed E-state index contributed by atoms with van der Waals surface area (Å²) in [6.45, 7) is 1.36. The molecule has 0 amide bonds. The number of carbonyl (C=O) groups is 1. The smallest absolute Gasteiger partial charge is 0.278 e. The average Bonchev–Trinajstić information content (AvgIpc) is 2.06. The molecule has 2 N–H and O–H groups in total. The summed E-state index contributed by atoms with van der Waals surface area (Å²) in [5, 5.41) is 0. The molecule has 1 rings (SSSR count). The van der Waals surface area contributed by atoms with Crippen LogP contribution < -0.4 is 10.5 Å². The summed E-state index contributed by atoms with van der Waals surface area (Å²) < 4.78 is 5.02. The van der Waals surface area contributed by atoms with Crippen LogP contribution in [0.2, 0.25) is 0 Å². The first-order valence-corrected chi connectivity index (χ1v) is 3.56. The van der Waals surface area contributed by atoms with Crippen LogP contribution in [0.4, 0.5) is 0 Å². The molecule has 0 spiro atoms. The summed E-state index contributed by atoms with van der Waals surface area (Å²) in [6.07, 6.45) is -0.0822. The van der Waals surface area contributed by atoms with Crippen molar-refractivity contribution in [3.05, 3.63) is 36.6 Å². The minimum absolute atomic E-state index is 0.0822. The van der Waals surface area contributed by atoms with Gasteiger partial charge in [0.2, 0.25) is 0 Å². The topological polar surface area (TPSA) is 52.3 Å². The quantitative estimate of drug-likeness (QED) is 0.727. The van der Waals surface area contributed by atoms with Gasteiger partial charge in [0, 0.05) is 6.92 Å². The van der Waals surface area contributed by atoms with E-state index in [-0.39, 0.29) is 12.0 Å². The fourth-order valence-electron chi connectivity index (χ4n) is 0.687. The average molecular weight is 164 g/mol. The number of hydrogen-bond donors (Lipinski definition) is 1. The van der Waals surface area contributed by atoms with Crippen molar-refractivity contribution >= 4 is 5.78 Å². The number of ketones is 1. The molecule has 0 aliphatic carbocycles. The van der Waals surface area contributed by atoms with Crippen LogP contribution >= 0.6 is 0 Å². The van der Waals surface area contributed by atoms with E-state index in [4.69, 9.17) is 10.5 Å². The lowest BCUT2D eigenvalue weighted by Crippen LogP contribution is -2.24. The molecule has 0 bridgehead atoms. The van der Waals surface area contributed by atoms with E-state index in [0.717, 1.165) is 0 Å². The van der Waals surface area contributed by atoms with E-state index in [1.54, 1.807) is 12.1 Å². The Morgan fingerprint density at radius 1 is 1.33 bits per heavy atom. The van der Waals surface area contributed by atoms with Gasteiger partial charge in [-0.15, -0.1) is 0 Å². The molecule has 63 valence electrons. The van der Waals surface area contributed by atoms with Crippen LogP contribution in [0.1, 0.15) is 6.92 Å². The minimum Gasteiger partial charge on any atom is -0.459 e. The van der Waals surface area contributed by atoms with E-state index in [2.05, 4.69) is 0 Å². The van der Waals surface area contributed by atoms with Crippen LogP contribution in [-0.4, -0.2) is 5.78 Å². The largest absolute Gasteiger partial charge is 0.459 e. The predicted molar refractivity (Wildman–Crippen MR) is 45.2 cm³/mol. The summed E-state index contributed by atoms with van der Waals surface area (Å²) in [5.41, 5.74) is 5.29. The SMILES string of the molecule is CC(=O)[C](N)Oc1ccccc1. The Bertz CT molecular complexity index is 258. The summed E-state index contributed by atoms with van der Waals surface area (Å²) >= 11 is 0. The summed E-state index contributed by atoms with van der Waals surface area (Å²) in [6, 6.07) is 8.94. The van der Waals surface area contributed by atoms with E-state index in [1.165, 1.54) is 6.92 Å². The molecule has 0 heterocycles. The summed E-state index contributed by atoms with van der Waals surface area (Å²) in [5.74, 6) is 0.309. The maximum Gasteiger partial charge on any atom is 0.278 e. The van der Waals surface area contributed by atoms with E-state index in [9.17, 15) is 4.79 Å². The third-order valence-corrected chi connectivity index (χ3v) is 1.32. The molecule has 1 aromatic rings. The number of nitrogens with two attached hydrogens (primary N) is 1. The second kappa shape index (κ2) is 3.88. The molecule has 0 unspecified atom stereocenters. The number of para-hydroxylation sites is 1. The Morgan fingerprint density at radius 3 is 2.42 bits per heavy atom. The van der Waals surface area contributed by atoms with Crippen LogP contribution in [0.15, 0.2) is 30.3 Å². The molecule has 12 heavy (non-hydrogen) atoms. The summed E-state index contributed by atoms with van der Waals surface area (Å²) in [4.78, 5) is 10.7. The first-order valence-electron chi connectivity index (χ1n) is 3.56. The number of Topliss-reactive ketones (excluding diaryl/α,β-unsaturated/α-hetero) is 1. The Balaban J connectivity index is 2.58. The van der Waals surface area contributed by atoms with Crippen molar-refractivity contribution in [3.8, 4) is 5.75 Å². The maximum absolute atomic E-state index is 10.7. The van der Waals surface area contributed by atoms with Crippen molar-refractivity contribution in [1.29, 1.82) is 0 Å². The molecule has 0 aromatic heterocycles. The molecule has 0 fully saturated rings. The van der Waals surface area contributed by atoms with Crippen molar-refractivity contribution in [3.63, 3.8) is 0 Å². The van der Waals surface area contributed by atoms with Gasteiger partial charge in [-0.2, -0.15) is 0 Å². The number of carbonyl (C=O) groups excluding carboxylic acids is 1. The zero-order valence-electron chi connectivity index (χ0n) is 6.78. The second-order valence-corrected chi connectivity index (χ2v) is 2.34. The van der Waals surface area contributed by atoms with E-state index in [0.29, 0.717) is 5.75 Å². The number of rotatable bonds is 3. The second-order valence-electron chi connectivity index (χ2n) is 2.34. The summed E-state index contributed by atoms with van der Waals surface area (Å²) in [7, 11) is 0. The minimum atomic E-state index is -0.265. The van der Waals surface area contributed by atoms with Gasteiger partial charge in [-0.1, -0.05) is 18.2 Å². The van der Waals surface area contributed by atoms with Gasteiger partial charge in [-0.05, 0) is 12.1 Å². The Labute approximate surface area is 71.1 Å². The Morgan fingerprint density at radius 2 is 1.92 bits per heavy atom. The van der Waals surface area contributed by atoms with Crippen LogP contribution in [-0.2, 0) is 4.79 Å². The van der Waals surface area contributed by atoms with Gasteiger partial charge >= 0.3 is 0 Å². The molecular weight excluding hydrogens is 154 g/mol. The van der Waals surface area contributed by atoms with Crippen LogP contribution in [0.25, 0.3) is 0 Å². The number of benzene rings is 1. The van der Waals surface area contributed by atoms with Gasteiger partial charge in [0.1, 0.15) is 5.75 Å². The van der Waals surface area contributed by atoms with Gasteiger partial charge in [-0.3, -0.25) is 10.5 Å². The third-order valence-electron chi connectivity index (χ3n) is 1.32. The Hall–Kier alpha value is -1.35. The van der Waals surface area contributed by atoms with E-state index < -0.39 is 0 Å². The lowest BCUT2D eigenvalue weighted by molar-refractivity contribution is -0.118. The van der Waals surface area contributed by atoms with E-state index >= 15 is 0 Å². The predicted octanol–water partition coefficient (Wildman–Crippen LogP) is 1.10. The fourth-order valence-corrected chi connectivity index (χ4v) is 0.687. The van der Waals surface area contributed by atoms with Gasteiger partial charge in [0.25, 0.3) is 6.23 Å². The van der Waals surface area contributed by atoms with Crippen LogP contribution in [0, 0.1) is 6.23 Å². The molecular formula is C9H10NO2. The Kier molecular flexibility index (Phi) is 2.82. The number of ether oxygens (including phenoxy) is 1. The normalized spacial score (nSPS) is 9.92. The molecule has 0 saturated carbocycles. The highest BCUT2D eigenvalue weighted by Crippen LogP contribution is 2.11. The number of hydrogen-bond acceptors (Lipinski definition) is 3. The molecule has 1 radical (unpaired) electrons.